The van der Waals surface area contributed by atoms with Gasteiger partial charge in [-0.15, -0.1) is 11.3 Å². The molecule has 2 rings (SSSR count). The molecule has 1 heterocycles. The van der Waals surface area contributed by atoms with Crippen LogP contribution in [0, 0.1) is 0 Å². The Morgan fingerprint density at radius 2 is 2.05 bits per heavy atom. The van der Waals surface area contributed by atoms with Crippen molar-refractivity contribution in [2.24, 2.45) is 0 Å². The Bertz CT molecular complexity index is 755. The van der Waals surface area contributed by atoms with Crippen LogP contribution in [0.25, 0.3) is 0 Å². The maximum atomic E-state index is 12.1. The summed E-state index contributed by atoms with van der Waals surface area (Å²) in [6.07, 6.45) is 0. The molecule has 21 heavy (non-hydrogen) atoms. The van der Waals surface area contributed by atoms with E-state index in [2.05, 4.69) is 9.71 Å². The summed E-state index contributed by atoms with van der Waals surface area (Å²) in [6, 6.07) is 6.77. The number of rotatable bonds is 6. The SMILES string of the molecule is O=C(O)c1ncsc1S(=O)(=O)NCc1cccc(CO)c1. The van der Waals surface area contributed by atoms with E-state index in [4.69, 9.17) is 10.2 Å². The summed E-state index contributed by atoms with van der Waals surface area (Å²) in [6.45, 7) is -0.147. The zero-order valence-electron chi connectivity index (χ0n) is 10.7. The first-order chi connectivity index (χ1) is 9.94. The van der Waals surface area contributed by atoms with Crippen LogP contribution < -0.4 is 4.72 Å². The average molecular weight is 328 g/mol. The number of nitrogens with one attached hydrogen (secondary N) is 1. The minimum atomic E-state index is -3.95. The Balaban J connectivity index is 2.18. The Kier molecular flexibility index (Phi) is 4.68. The van der Waals surface area contributed by atoms with Gasteiger partial charge < -0.3 is 10.2 Å². The molecule has 0 radical (unpaired) electrons. The first kappa shape index (κ1) is 15.6. The van der Waals surface area contributed by atoms with Crippen LogP contribution in [0.15, 0.2) is 34.0 Å². The van der Waals surface area contributed by atoms with E-state index in [-0.39, 0.29) is 17.4 Å². The molecule has 0 unspecified atom stereocenters. The summed E-state index contributed by atoms with van der Waals surface area (Å²) >= 11 is 0.745. The van der Waals surface area contributed by atoms with Gasteiger partial charge >= 0.3 is 5.97 Å². The predicted octanol–water partition coefficient (Wildman–Crippen LogP) is 0.812. The number of hydrogen-bond acceptors (Lipinski definition) is 6. The maximum absolute atomic E-state index is 12.1. The van der Waals surface area contributed by atoms with Gasteiger partial charge in [0.2, 0.25) is 0 Å². The van der Waals surface area contributed by atoms with Crippen LogP contribution in [0.4, 0.5) is 0 Å². The highest BCUT2D eigenvalue weighted by Crippen LogP contribution is 2.20. The fourth-order valence-corrected chi connectivity index (χ4v) is 3.85. The van der Waals surface area contributed by atoms with E-state index in [0.717, 1.165) is 11.3 Å². The molecular weight excluding hydrogens is 316 g/mol. The van der Waals surface area contributed by atoms with Gasteiger partial charge in [0.1, 0.15) is 0 Å². The van der Waals surface area contributed by atoms with Crippen molar-refractivity contribution in [1.82, 2.24) is 9.71 Å². The first-order valence-corrected chi connectivity index (χ1v) is 8.15. The molecule has 7 nitrogen and oxygen atoms in total. The molecule has 0 aliphatic carbocycles. The normalized spacial score (nSPS) is 11.5. The summed E-state index contributed by atoms with van der Waals surface area (Å²) < 4.78 is 26.2. The standard InChI is InChI=1S/C12H12N2O5S2/c15-6-9-3-1-2-8(4-9)5-14-21(18,19)12-10(11(16)17)13-7-20-12/h1-4,7,14-15H,5-6H2,(H,16,17). The van der Waals surface area contributed by atoms with Gasteiger partial charge in [-0.1, -0.05) is 24.3 Å². The number of aromatic nitrogens is 1. The second-order valence-electron chi connectivity index (χ2n) is 4.10. The Morgan fingerprint density at radius 1 is 1.33 bits per heavy atom. The summed E-state index contributed by atoms with van der Waals surface area (Å²) in [7, 11) is -3.95. The second kappa shape index (κ2) is 6.31. The maximum Gasteiger partial charge on any atom is 0.356 e. The molecule has 0 saturated heterocycles. The lowest BCUT2D eigenvalue weighted by Crippen LogP contribution is -2.24. The minimum absolute atomic E-state index is 0.00681. The van der Waals surface area contributed by atoms with Crippen molar-refractivity contribution in [3.8, 4) is 0 Å². The summed E-state index contributed by atoms with van der Waals surface area (Å²) in [4.78, 5) is 14.4. The molecule has 1 aromatic carbocycles. The Morgan fingerprint density at radius 3 is 2.71 bits per heavy atom. The molecule has 9 heteroatoms. The van der Waals surface area contributed by atoms with E-state index >= 15 is 0 Å². The number of carboxylic acids is 1. The topological polar surface area (TPSA) is 117 Å². The van der Waals surface area contributed by atoms with E-state index in [0.29, 0.717) is 11.1 Å². The van der Waals surface area contributed by atoms with Crippen LogP contribution in [0.3, 0.4) is 0 Å². The molecule has 0 atom stereocenters. The monoisotopic (exact) mass is 328 g/mol. The molecule has 112 valence electrons. The molecule has 1 aromatic heterocycles. The van der Waals surface area contributed by atoms with Crippen molar-refractivity contribution in [3.63, 3.8) is 0 Å². The lowest BCUT2D eigenvalue weighted by atomic mass is 10.1. The lowest BCUT2D eigenvalue weighted by Gasteiger charge is -2.06. The fraction of sp³-hybridized carbons (Fsp3) is 0.167. The zero-order valence-corrected chi connectivity index (χ0v) is 12.3. The lowest BCUT2D eigenvalue weighted by molar-refractivity contribution is 0.0687. The van der Waals surface area contributed by atoms with E-state index in [1.54, 1.807) is 24.3 Å². The van der Waals surface area contributed by atoms with E-state index in [1.807, 2.05) is 0 Å². The largest absolute Gasteiger partial charge is 0.476 e. The Hall–Kier alpha value is -1.81. The van der Waals surface area contributed by atoms with Crippen LogP contribution in [-0.4, -0.2) is 29.6 Å². The van der Waals surface area contributed by atoms with E-state index < -0.39 is 21.7 Å². The molecule has 0 fully saturated rings. The van der Waals surface area contributed by atoms with Crippen molar-refractivity contribution < 1.29 is 23.4 Å². The van der Waals surface area contributed by atoms with Gasteiger partial charge in [0.05, 0.1) is 12.1 Å². The number of benzene rings is 1. The smallest absolute Gasteiger partial charge is 0.356 e. The molecule has 3 N–H and O–H groups in total. The third kappa shape index (κ3) is 3.64. The van der Waals surface area contributed by atoms with Crippen molar-refractivity contribution in [2.45, 2.75) is 17.4 Å². The van der Waals surface area contributed by atoms with Crippen molar-refractivity contribution in [3.05, 3.63) is 46.6 Å². The number of carbonyl (C=O) groups is 1. The van der Waals surface area contributed by atoms with Crippen LogP contribution in [0.1, 0.15) is 21.6 Å². The van der Waals surface area contributed by atoms with Crippen LogP contribution in [-0.2, 0) is 23.2 Å². The average Bonchev–Trinajstić information content (AvgIpc) is 2.96. The zero-order chi connectivity index (χ0) is 15.5. The minimum Gasteiger partial charge on any atom is -0.476 e. The van der Waals surface area contributed by atoms with Gasteiger partial charge in [0.25, 0.3) is 10.0 Å². The van der Waals surface area contributed by atoms with Crippen LogP contribution in [0.5, 0.6) is 0 Å². The van der Waals surface area contributed by atoms with E-state index in [1.165, 1.54) is 5.51 Å². The number of carboxylic acid groups (broad SMARTS) is 1. The molecule has 0 aliphatic heterocycles. The molecule has 0 spiro atoms. The summed E-state index contributed by atoms with van der Waals surface area (Å²) in [5, 5.41) is 17.9. The number of hydrogen-bond donors (Lipinski definition) is 3. The van der Waals surface area contributed by atoms with Gasteiger partial charge in [-0.3, -0.25) is 0 Å². The number of thiazole rings is 1. The highest BCUT2D eigenvalue weighted by molar-refractivity contribution is 7.91. The number of aliphatic hydroxyl groups is 1. The number of aromatic carboxylic acids is 1. The Labute approximate surface area is 125 Å². The van der Waals surface area contributed by atoms with Gasteiger partial charge in [-0.05, 0) is 11.1 Å². The van der Waals surface area contributed by atoms with Crippen molar-refractivity contribution in [1.29, 1.82) is 0 Å². The third-order valence-electron chi connectivity index (χ3n) is 2.62. The van der Waals surface area contributed by atoms with Gasteiger partial charge in [-0.2, -0.15) is 0 Å². The fourth-order valence-electron chi connectivity index (χ4n) is 1.65. The molecular formula is C12H12N2O5S2. The molecule has 0 amide bonds. The van der Waals surface area contributed by atoms with Gasteiger partial charge in [0.15, 0.2) is 9.90 Å². The highest BCUT2D eigenvalue weighted by atomic mass is 32.2. The molecule has 0 saturated carbocycles. The first-order valence-electron chi connectivity index (χ1n) is 5.79. The molecule has 2 aromatic rings. The number of aliphatic hydroxyl groups excluding tert-OH is 1. The number of sulfonamides is 1. The summed E-state index contributed by atoms with van der Waals surface area (Å²) in [5.41, 5.74) is 2.00. The van der Waals surface area contributed by atoms with Crippen LogP contribution in [0.2, 0.25) is 0 Å². The van der Waals surface area contributed by atoms with Gasteiger partial charge in [-0.25, -0.2) is 22.9 Å². The van der Waals surface area contributed by atoms with Crippen LogP contribution >= 0.6 is 11.3 Å². The van der Waals surface area contributed by atoms with Crippen molar-refractivity contribution in [2.75, 3.05) is 0 Å². The quantitative estimate of drug-likeness (QED) is 0.722. The van der Waals surface area contributed by atoms with E-state index in [9.17, 15) is 13.2 Å². The second-order valence-corrected chi connectivity index (χ2v) is 6.91. The highest BCUT2D eigenvalue weighted by Gasteiger charge is 2.25. The predicted molar refractivity (Wildman–Crippen MR) is 75.5 cm³/mol. The molecule has 0 aliphatic rings. The third-order valence-corrected chi connectivity index (χ3v) is 5.39. The molecule has 0 bridgehead atoms. The number of nitrogens with zero attached hydrogens (tertiary/aromatic N) is 1. The van der Waals surface area contributed by atoms with Gasteiger partial charge in [0, 0.05) is 6.54 Å². The van der Waals surface area contributed by atoms with Crippen molar-refractivity contribution >= 4 is 27.3 Å². The summed E-state index contributed by atoms with van der Waals surface area (Å²) in [5.74, 6) is -1.39.